The second kappa shape index (κ2) is 7.13. The first-order valence-corrected chi connectivity index (χ1v) is 7.31. The molecule has 2 aromatic rings. The molecule has 0 bridgehead atoms. The Hall–Kier alpha value is -2.01. The van der Waals surface area contributed by atoms with Crippen LogP contribution >= 0.6 is 15.9 Å². The van der Waals surface area contributed by atoms with Gasteiger partial charge in [0.25, 0.3) is 5.91 Å². The van der Waals surface area contributed by atoms with Crippen LogP contribution in [0.3, 0.4) is 0 Å². The SMILES string of the molecule is CNC(=O)c1ccc(CNc2cc(Br)cc(OC)c2)cc1. The summed E-state index contributed by atoms with van der Waals surface area (Å²) in [5, 5.41) is 5.93. The summed E-state index contributed by atoms with van der Waals surface area (Å²) in [6, 6.07) is 13.3. The Bertz CT molecular complexity index is 627. The van der Waals surface area contributed by atoms with E-state index in [1.54, 1.807) is 14.2 Å². The second-order valence-electron chi connectivity index (χ2n) is 4.51. The lowest BCUT2D eigenvalue weighted by Gasteiger charge is -2.09. The fraction of sp³-hybridized carbons (Fsp3) is 0.188. The third kappa shape index (κ3) is 4.23. The van der Waals surface area contributed by atoms with Crippen LogP contribution in [0.2, 0.25) is 0 Å². The maximum atomic E-state index is 11.5. The van der Waals surface area contributed by atoms with Gasteiger partial charge in [0.15, 0.2) is 0 Å². The van der Waals surface area contributed by atoms with Gasteiger partial charge in [-0.3, -0.25) is 4.79 Å². The molecule has 0 saturated heterocycles. The predicted octanol–water partition coefficient (Wildman–Crippen LogP) is 3.43. The van der Waals surface area contributed by atoms with Crippen LogP contribution in [0.15, 0.2) is 46.9 Å². The molecule has 0 aliphatic rings. The molecule has 0 spiro atoms. The lowest BCUT2D eigenvalue weighted by Crippen LogP contribution is -2.17. The zero-order valence-corrected chi connectivity index (χ0v) is 13.5. The van der Waals surface area contributed by atoms with Crippen molar-refractivity contribution in [2.75, 3.05) is 19.5 Å². The van der Waals surface area contributed by atoms with E-state index in [1.807, 2.05) is 42.5 Å². The number of amides is 1. The molecule has 2 rings (SSSR count). The molecule has 0 fully saturated rings. The van der Waals surface area contributed by atoms with Gasteiger partial charge < -0.3 is 15.4 Å². The van der Waals surface area contributed by atoms with E-state index in [0.717, 1.165) is 21.5 Å². The number of carbonyl (C=O) groups is 1. The van der Waals surface area contributed by atoms with Crippen LogP contribution in [-0.2, 0) is 6.54 Å². The molecule has 0 atom stereocenters. The maximum Gasteiger partial charge on any atom is 0.251 e. The summed E-state index contributed by atoms with van der Waals surface area (Å²) in [4.78, 5) is 11.5. The maximum absolute atomic E-state index is 11.5. The first-order valence-electron chi connectivity index (χ1n) is 6.52. The molecule has 2 N–H and O–H groups in total. The molecule has 1 amide bonds. The molecule has 2 aromatic carbocycles. The summed E-state index contributed by atoms with van der Waals surface area (Å²) in [5.41, 5.74) is 2.73. The zero-order chi connectivity index (χ0) is 15.2. The molecule has 0 aliphatic carbocycles. The molecule has 0 unspecified atom stereocenters. The van der Waals surface area contributed by atoms with E-state index >= 15 is 0 Å². The lowest BCUT2D eigenvalue weighted by atomic mass is 10.1. The van der Waals surface area contributed by atoms with Crippen molar-refractivity contribution in [1.82, 2.24) is 5.32 Å². The van der Waals surface area contributed by atoms with Gasteiger partial charge in [0, 0.05) is 35.4 Å². The van der Waals surface area contributed by atoms with Crippen LogP contribution in [0.5, 0.6) is 5.75 Å². The van der Waals surface area contributed by atoms with Crippen LogP contribution in [0, 0.1) is 0 Å². The van der Waals surface area contributed by atoms with Crippen molar-refractivity contribution in [1.29, 1.82) is 0 Å². The number of hydrogen-bond donors (Lipinski definition) is 2. The van der Waals surface area contributed by atoms with Crippen molar-refractivity contribution in [3.05, 3.63) is 58.1 Å². The summed E-state index contributed by atoms with van der Waals surface area (Å²) in [7, 11) is 3.27. The van der Waals surface area contributed by atoms with Gasteiger partial charge in [0.2, 0.25) is 0 Å². The Balaban J connectivity index is 2.03. The molecule has 21 heavy (non-hydrogen) atoms. The number of carbonyl (C=O) groups excluding carboxylic acids is 1. The van der Waals surface area contributed by atoms with Crippen LogP contribution in [0.1, 0.15) is 15.9 Å². The molecular formula is C16H17BrN2O2. The fourth-order valence-electron chi connectivity index (χ4n) is 1.91. The Kier molecular flexibility index (Phi) is 5.22. The molecule has 5 heteroatoms. The van der Waals surface area contributed by atoms with Crippen molar-refractivity contribution in [3.63, 3.8) is 0 Å². The first kappa shape index (κ1) is 15.4. The monoisotopic (exact) mass is 348 g/mol. The van der Waals surface area contributed by atoms with Crippen molar-refractivity contribution >= 4 is 27.5 Å². The highest BCUT2D eigenvalue weighted by Crippen LogP contribution is 2.24. The predicted molar refractivity (Wildman–Crippen MR) is 87.9 cm³/mol. The van der Waals surface area contributed by atoms with Crippen LogP contribution in [0.4, 0.5) is 5.69 Å². The van der Waals surface area contributed by atoms with Crippen molar-refractivity contribution < 1.29 is 9.53 Å². The Morgan fingerprint density at radius 3 is 2.52 bits per heavy atom. The minimum absolute atomic E-state index is 0.0776. The van der Waals surface area contributed by atoms with Gasteiger partial charge in [0.05, 0.1) is 7.11 Å². The van der Waals surface area contributed by atoms with Crippen LogP contribution in [-0.4, -0.2) is 20.1 Å². The quantitative estimate of drug-likeness (QED) is 0.870. The Labute approximate surface area is 132 Å². The highest BCUT2D eigenvalue weighted by Gasteiger charge is 2.03. The molecule has 0 radical (unpaired) electrons. The topological polar surface area (TPSA) is 50.4 Å². The van der Waals surface area contributed by atoms with Crippen molar-refractivity contribution in [2.24, 2.45) is 0 Å². The van der Waals surface area contributed by atoms with E-state index in [2.05, 4.69) is 26.6 Å². The standard InChI is InChI=1S/C16H17BrN2O2/c1-18-16(20)12-5-3-11(4-6-12)10-19-14-7-13(17)8-15(9-14)21-2/h3-9,19H,10H2,1-2H3,(H,18,20). The molecule has 0 heterocycles. The third-order valence-corrected chi connectivity index (χ3v) is 3.50. The van der Waals surface area contributed by atoms with E-state index in [4.69, 9.17) is 4.74 Å². The lowest BCUT2D eigenvalue weighted by molar-refractivity contribution is 0.0963. The molecular weight excluding hydrogens is 332 g/mol. The summed E-state index contributed by atoms with van der Waals surface area (Å²) in [6.07, 6.45) is 0. The number of anilines is 1. The van der Waals surface area contributed by atoms with E-state index in [9.17, 15) is 4.79 Å². The summed E-state index contributed by atoms with van der Waals surface area (Å²) < 4.78 is 6.19. The molecule has 0 saturated carbocycles. The molecule has 110 valence electrons. The van der Waals surface area contributed by atoms with E-state index < -0.39 is 0 Å². The van der Waals surface area contributed by atoms with Gasteiger partial charge in [-0.15, -0.1) is 0 Å². The first-order chi connectivity index (χ1) is 10.1. The van der Waals surface area contributed by atoms with Crippen molar-refractivity contribution in [2.45, 2.75) is 6.54 Å². The normalized spacial score (nSPS) is 10.0. The summed E-state index contributed by atoms with van der Waals surface area (Å²) in [6.45, 7) is 0.674. The van der Waals surface area contributed by atoms with Gasteiger partial charge in [-0.1, -0.05) is 28.1 Å². The highest BCUT2D eigenvalue weighted by atomic mass is 79.9. The number of hydrogen-bond acceptors (Lipinski definition) is 3. The van der Waals surface area contributed by atoms with E-state index in [-0.39, 0.29) is 5.91 Å². The summed E-state index contributed by atoms with van der Waals surface area (Å²) in [5.74, 6) is 0.716. The minimum Gasteiger partial charge on any atom is -0.497 e. The highest BCUT2D eigenvalue weighted by molar-refractivity contribution is 9.10. The fourth-order valence-corrected chi connectivity index (χ4v) is 2.38. The number of halogens is 1. The second-order valence-corrected chi connectivity index (χ2v) is 5.43. The van der Waals surface area contributed by atoms with Gasteiger partial charge in [-0.2, -0.15) is 0 Å². The number of nitrogens with one attached hydrogen (secondary N) is 2. The average molecular weight is 349 g/mol. The Morgan fingerprint density at radius 1 is 1.19 bits per heavy atom. The number of methoxy groups -OCH3 is 1. The van der Waals surface area contributed by atoms with Crippen LogP contribution < -0.4 is 15.4 Å². The number of rotatable bonds is 5. The van der Waals surface area contributed by atoms with E-state index in [0.29, 0.717) is 12.1 Å². The molecule has 4 nitrogen and oxygen atoms in total. The minimum atomic E-state index is -0.0776. The van der Waals surface area contributed by atoms with Crippen molar-refractivity contribution in [3.8, 4) is 5.75 Å². The largest absolute Gasteiger partial charge is 0.497 e. The average Bonchev–Trinajstić information content (AvgIpc) is 2.52. The number of benzene rings is 2. The zero-order valence-electron chi connectivity index (χ0n) is 11.9. The van der Waals surface area contributed by atoms with Crippen LogP contribution in [0.25, 0.3) is 0 Å². The molecule has 0 aliphatic heterocycles. The molecule has 0 aromatic heterocycles. The van der Waals surface area contributed by atoms with E-state index in [1.165, 1.54) is 0 Å². The van der Waals surface area contributed by atoms with Gasteiger partial charge in [0.1, 0.15) is 5.75 Å². The van der Waals surface area contributed by atoms with Gasteiger partial charge >= 0.3 is 0 Å². The number of ether oxygens (including phenoxy) is 1. The summed E-state index contributed by atoms with van der Waals surface area (Å²) >= 11 is 3.45. The smallest absolute Gasteiger partial charge is 0.251 e. The van der Waals surface area contributed by atoms with Gasteiger partial charge in [-0.25, -0.2) is 0 Å². The Morgan fingerprint density at radius 2 is 1.90 bits per heavy atom. The third-order valence-electron chi connectivity index (χ3n) is 3.05. The van der Waals surface area contributed by atoms with Gasteiger partial charge in [-0.05, 0) is 29.8 Å².